The molecule has 0 spiro atoms. The molecule has 0 radical (unpaired) electrons. The fourth-order valence-electron chi connectivity index (χ4n) is 1.99. The van der Waals surface area contributed by atoms with E-state index >= 15 is 0 Å². The lowest BCUT2D eigenvalue weighted by atomic mass is 10.2. The van der Waals surface area contributed by atoms with Crippen molar-refractivity contribution in [1.82, 2.24) is 9.97 Å². The molecule has 0 atom stereocenters. The highest BCUT2D eigenvalue weighted by Gasteiger charge is 2.02. The number of fused-ring (bicyclic) bond motifs is 1. The maximum Gasteiger partial charge on any atom is 0.314 e. The van der Waals surface area contributed by atoms with Crippen LogP contribution in [0.15, 0.2) is 44.3 Å². The Morgan fingerprint density at radius 3 is 2.50 bits per heavy atom. The first-order chi connectivity index (χ1) is 9.61. The second-order valence-electron chi connectivity index (χ2n) is 4.53. The lowest BCUT2D eigenvalue weighted by Gasteiger charge is -2.05. The second-order valence-corrected chi connectivity index (χ2v) is 4.53. The van der Waals surface area contributed by atoms with Crippen LogP contribution in [0.1, 0.15) is 11.5 Å². The number of anilines is 1. The largest absolute Gasteiger partial charge is 0.465 e. The molecular weight excluding hydrogens is 258 g/mol. The van der Waals surface area contributed by atoms with Crippen molar-refractivity contribution in [2.24, 2.45) is 0 Å². The van der Waals surface area contributed by atoms with Gasteiger partial charge in [0.05, 0.1) is 17.6 Å². The molecule has 0 saturated heterocycles. The quantitative estimate of drug-likeness (QED) is 0.633. The van der Waals surface area contributed by atoms with Gasteiger partial charge in [0.25, 0.3) is 0 Å². The Morgan fingerprint density at radius 2 is 1.80 bits per heavy atom. The molecule has 0 aliphatic heterocycles. The van der Waals surface area contributed by atoms with Crippen LogP contribution in [0, 0.1) is 6.92 Å². The third kappa shape index (κ3) is 2.35. The van der Waals surface area contributed by atoms with Gasteiger partial charge in [-0.1, -0.05) is 0 Å². The zero-order valence-corrected chi connectivity index (χ0v) is 10.8. The van der Waals surface area contributed by atoms with Crippen LogP contribution >= 0.6 is 0 Å². The summed E-state index contributed by atoms with van der Waals surface area (Å²) in [7, 11) is 0. The Bertz CT molecular complexity index is 873. The number of benzene rings is 1. The zero-order chi connectivity index (χ0) is 14.1. The molecule has 1 aromatic carbocycles. The molecule has 3 aromatic rings. The van der Waals surface area contributed by atoms with E-state index in [0.29, 0.717) is 17.6 Å². The van der Waals surface area contributed by atoms with Gasteiger partial charge in [0, 0.05) is 5.69 Å². The van der Waals surface area contributed by atoms with Gasteiger partial charge in [0.15, 0.2) is 0 Å². The first-order valence-electron chi connectivity index (χ1n) is 6.17. The van der Waals surface area contributed by atoms with E-state index in [2.05, 4.69) is 15.3 Å². The first-order valence-corrected chi connectivity index (χ1v) is 6.17. The van der Waals surface area contributed by atoms with Crippen molar-refractivity contribution in [2.75, 3.05) is 5.32 Å². The topological polar surface area (TPSA) is 90.9 Å². The molecule has 3 N–H and O–H groups in total. The van der Waals surface area contributed by atoms with Gasteiger partial charge in [-0.2, -0.15) is 0 Å². The minimum Gasteiger partial charge on any atom is -0.465 e. The van der Waals surface area contributed by atoms with E-state index in [1.54, 1.807) is 12.1 Å². The second kappa shape index (κ2) is 4.73. The number of aromatic nitrogens is 2. The predicted molar refractivity (Wildman–Crippen MR) is 76.0 cm³/mol. The molecule has 0 saturated carbocycles. The van der Waals surface area contributed by atoms with Crippen LogP contribution in [-0.2, 0) is 6.54 Å². The molecule has 0 amide bonds. The number of hydrogen-bond donors (Lipinski definition) is 3. The molecule has 0 fully saturated rings. The van der Waals surface area contributed by atoms with Crippen LogP contribution in [0.5, 0.6) is 0 Å². The van der Waals surface area contributed by atoms with Gasteiger partial charge in [-0.3, -0.25) is 9.59 Å². The number of rotatable bonds is 3. The van der Waals surface area contributed by atoms with E-state index in [9.17, 15) is 9.59 Å². The Morgan fingerprint density at radius 1 is 1.05 bits per heavy atom. The van der Waals surface area contributed by atoms with Gasteiger partial charge in [-0.15, -0.1) is 0 Å². The van der Waals surface area contributed by atoms with E-state index in [1.165, 1.54) is 0 Å². The zero-order valence-electron chi connectivity index (χ0n) is 10.8. The van der Waals surface area contributed by atoms with Crippen molar-refractivity contribution < 1.29 is 4.42 Å². The molecule has 3 rings (SSSR count). The summed E-state index contributed by atoms with van der Waals surface area (Å²) in [6.45, 7) is 2.44. The van der Waals surface area contributed by atoms with Gasteiger partial charge in [-0.25, -0.2) is 0 Å². The summed E-state index contributed by atoms with van der Waals surface area (Å²) < 4.78 is 5.46. The number of aromatic amines is 2. The van der Waals surface area contributed by atoms with E-state index in [-0.39, 0.29) is 0 Å². The molecule has 0 aliphatic rings. The van der Waals surface area contributed by atoms with Crippen LogP contribution in [0.25, 0.3) is 11.0 Å². The molecule has 20 heavy (non-hydrogen) atoms. The summed E-state index contributed by atoms with van der Waals surface area (Å²) in [6, 6.07) is 9.14. The van der Waals surface area contributed by atoms with E-state index in [4.69, 9.17) is 4.42 Å². The maximum atomic E-state index is 11.3. The minimum atomic E-state index is -0.656. The van der Waals surface area contributed by atoms with Crippen LogP contribution in [0.3, 0.4) is 0 Å². The molecule has 6 heteroatoms. The van der Waals surface area contributed by atoms with Gasteiger partial charge in [0.1, 0.15) is 11.5 Å². The fourth-order valence-corrected chi connectivity index (χ4v) is 1.99. The molecule has 6 nitrogen and oxygen atoms in total. The van der Waals surface area contributed by atoms with Crippen LogP contribution in [0.2, 0.25) is 0 Å². The average Bonchev–Trinajstić information content (AvgIpc) is 2.84. The van der Waals surface area contributed by atoms with Crippen LogP contribution < -0.4 is 16.4 Å². The van der Waals surface area contributed by atoms with Gasteiger partial charge in [0.2, 0.25) is 0 Å². The van der Waals surface area contributed by atoms with Gasteiger partial charge >= 0.3 is 11.1 Å². The molecule has 102 valence electrons. The Balaban J connectivity index is 1.87. The highest BCUT2D eigenvalue weighted by Crippen LogP contribution is 2.15. The summed E-state index contributed by atoms with van der Waals surface area (Å²) in [6.07, 6.45) is 0. The SMILES string of the molecule is Cc1ccc(CNc2ccc3[nH]c(=O)c(=O)[nH]c3c2)o1. The van der Waals surface area contributed by atoms with Crippen molar-refractivity contribution in [3.05, 3.63) is 62.6 Å². The number of nitrogens with one attached hydrogen (secondary N) is 3. The van der Waals surface area contributed by atoms with Gasteiger partial charge in [-0.05, 0) is 37.3 Å². The van der Waals surface area contributed by atoms with Crippen molar-refractivity contribution in [1.29, 1.82) is 0 Å². The Kier molecular flexibility index (Phi) is 2.90. The summed E-state index contributed by atoms with van der Waals surface area (Å²) >= 11 is 0. The highest BCUT2D eigenvalue weighted by atomic mass is 16.3. The van der Waals surface area contributed by atoms with Gasteiger partial charge < -0.3 is 19.7 Å². The summed E-state index contributed by atoms with van der Waals surface area (Å²) in [5.41, 5.74) is 0.694. The number of hydrogen-bond acceptors (Lipinski definition) is 4. The molecule has 2 aromatic heterocycles. The van der Waals surface area contributed by atoms with Crippen molar-refractivity contribution in [3.63, 3.8) is 0 Å². The fraction of sp³-hybridized carbons (Fsp3) is 0.143. The molecule has 0 aliphatic carbocycles. The number of furan rings is 1. The number of H-pyrrole nitrogens is 2. The monoisotopic (exact) mass is 271 g/mol. The summed E-state index contributed by atoms with van der Waals surface area (Å²) in [4.78, 5) is 27.5. The standard InChI is InChI=1S/C14H13N3O3/c1-8-2-4-10(20-8)7-15-9-3-5-11-12(6-9)17-14(19)13(18)16-11/h2-6,15H,7H2,1H3,(H,16,18)(H,17,19). The first kappa shape index (κ1) is 12.3. The normalized spacial score (nSPS) is 10.8. The third-order valence-electron chi connectivity index (χ3n) is 2.98. The van der Waals surface area contributed by atoms with Crippen molar-refractivity contribution >= 4 is 16.7 Å². The molecule has 0 bridgehead atoms. The summed E-state index contributed by atoms with van der Waals surface area (Å²) in [5, 5.41) is 3.19. The molecular formula is C14H13N3O3. The maximum absolute atomic E-state index is 11.3. The minimum absolute atomic E-state index is 0.549. The lowest BCUT2D eigenvalue weighted by Crippen LogP contribution is -2.28. The smallest absolute Gasteiger partial charge is 0.314 e. The Labute approximate surface area is 113 Å². The summed E-state index contributed by atoms with van der Waals surface area (Å²) in [5.74, 6) is 1.69. The van der Waals surface area contributed by atoms with E-state index in [0.717, 1.165) is 17.2 Å². The third-order valence-corrected chi connectivity index (χ3v) is 2.98. The highest BCUT2D eigenvalue weighted by molar-refractivity contribution is 5.78. The average molecular weight is 271 g/mol. The lowest BCUT2D eigenvalue weighted by molar-refractivity contribution is 0.490. The predicted octanol–water partition coefficient (Wildman–Crippen LogP) is 1.73. The van der Waals surface area contributed by atoms with Crippen LogP contribution in [0.4, 0.5) is 5.69 Å². The van der Waals surface area contributed by atoms with E-state index < -0.39 is 11.1 Å². The molecule has 0 unspecified atom stereocenters. The van der Waals surface area contributed by atoms with Crippen LogP contribution in [-0.4, -0.2) is 9.97 Å². The Hall–Kier alpha value is -2.76. The number of aryl methyl sites for hydroxylation is 1. The van der Waals surface area contributed by atoms with E-state index in [1.807, 2.05) is 25.1 Å². The molecule has 2 heterocycles. The van der Waals surface area contributed by atoms with Crippen molar-refractivity contribution in [3.8, 4) is 0 Å². The van der Waals surface area contributed by atoms with Crippen molar-refractivity contribution in [2.45, 2.75) is 13.5 Å².